The van der Waals surface area contributed by atoms with Gasteiger partial charge in [-0.3, -0.25) is 14.4 Å². The number of unbranched alkanes of at least 4 members (excludes halogenated alkanes) is 28. The normalized spacial score (nSPS) is 13.0. The molecule has 0 saturated heterocycles. The fourth-order valence-electron chi connectivity index (χ4n) is 9.32. The molecule has 0 bridgehead atoms. The van der Waals surface area contributed by atoms with Crippen LogP contribution in [0.4, 0.5) is 0 Å². The van der Waals surface area contributed by atoms with E-state index < -0.39 is 6.10 Å². The van der Waals surface area contributed by atoms with Crippen molar-refractivity contribution in [1.29, 1.82) is 0 Å². The second kappa shape index (κ2) is 69.0. The van der Waals surface area contributed by atoms with E-state index in [1.807, 2.05) is 0 Å². The van der Waals surface area contributed by atoms with Crippen LogP contribution in [0.3, 0.4) is 0 Å². The molecule has 0 spiro atoms. The average Bonchev–Trinajstić information content (AvgIpc) is 3.47. The number of ether oxygens (including phenoxy) is 3. The maximum atomic E-state index is 12.9. The minimum Gasteiger partial charge on any atom is -0.462 e. The van der Waals surface area contributed by atoms with Crippen LogP contribution < -0.4 is 0 Å². The van der Waals surface area contributed by atoms with Gasteiger partial charge in [-0.15, -0.1) is 0 Å². The zero-order valence-corrected chi connectivity index (χ0v) is 53.5. The number of hydrogen-bond acceptors (Lipinski definition) is 6. The third-order valence-electron chi connectivity index (χ3n) is 14.4. The Morgan fingerprint density at radius 3 is 0.768 bits per heavy atom. The molecule has 0 aromatic heterocycles. The van der Waals surface area contributed by atoms with Crippen molar-refractivity contribution in [2.24, 2.45) is 0 Å². The maximum absolute atomic E-state index is 12.9. The Bertz CT molecular complexity index is 1730. The molecule has 0 N–H and O–H groups in total. The van der Waals surface area contributed by atoms with E-state index in [1.54, 1.807) is 0 Å². The summed E-state index contributed by atoms with van der Waals surface area (Å²) in [6, 6.07) is 0. The number of allylic oxidation sites excluding steroid dienone is 22. The summed E-state index contributed by atoms with van der Waals surface area (Å²) in [5.41, 5.74) is 0. The first kappa shape index (κ1) is 77.5. The third-order valence-corrected chi connectivity index (χ3v) is 14.4. The Morgan fingerprint density at radius 1 is 0.256 bits per heavy atom. The Balaban J connectivity index is 4.41. The highest BCUT2D eigenvalue weighted by Crippen LogP contribution is 2.16. The molecule has 1 atom stereocenters. The molecular formula is C76H126O6. The number of esters is 3. The van der Waals surface area contributed by atoms with Crippen LogP contribution in [0, 0.1) is 0 Å². The zero-order valence-electron chi connectivity index (χ0n) is 53.5. The van der Waals surface area contributed by atoms with Gasteiger partial charge in [0.2, 0.25) is 0 Å². The van der Waals surface area contributed by atoms with Crippen molar-refractivity contribution < 1.29 is 28.6 Å². The predicted octanol–water partition coefficient (Wildman–Crippen LogP) is 23.7. The lowest BCUT2D eigenvalue weighted by molar-refractivity contribution is -0.167. The van der Waals surface area contributed by atoms with Crippen molar-refractivity contribution in [1.82, 2.24) is 0 Å². The van der Waals surface area contributed by atoms with Crippen molar-refractivity contribution >= 4 is 17.9 Å². The second-order valence-electron chi connectivity index (χ2n) is 22.3. The van der Waals surface area contributed by atoms with Crippen LogP contribution in [0.25, 0.3) is 0 Å². The van der Waals surface area contributed by atoms with Crippen LogP contribution in [0.2, 0.25) is 0 Å². The third kappa shape index (κ3) is 66.4. The van der Waals surface area contributed by atoms with Crippen LogP contribution in [-0.4, -0.2) is 37.2 Å². The summed E-state index contributed by atoms with van der Waals surface area (Å²) < 4.78 is 16.9. The van der Waals surface area contributed by atoms with Crippen molar-refractivity contribution in [3.05, 3.63) is 134 Å². The second-order valence-corrected chi connectivity index (χ2v) is 22.3. The van der Waals surface area contributed by atoms with Crippen LogP contribution in [-0.2, 0) is 28.6 Å². The molecule has 0 aliphatic carbocycles. The molecule has 0 aromatic carbocycles. The first-order valence-electron chi connectivity index (χ1n) is 34.2. The fraction of sp³-hybridized carbons (Fsp3) is 0.671. The van der Waals surface area contributed by atoms with Crippen LogP contribution >= 0.6 is 0 Å². The van der Waals surface area contributed by atoms with Crippen molar-refractivity contribution in [2.75, 3.05) is 13.2 Å². The van der Waals surface area contributed by atoms with E-state index in [1.165, 1.54) is 141 Å². The highest BCUT2D eigenvalue weighted by molar-refractivity contribution is 5.71. The summed E-state index contributed by atoms with van der Waals surface area (Å²) in [5.74, 6) is -0.929. The molecule has 0 aromatic rings. The summed E-state index contributed by atoms with van der Waals surface area (Å²) >= 11 is 0. The molecule has 0 aliphatic rings. The SMILES string of the molecule is CC/C=C\C/C=C\C/C=C\C/C=C\C/C=C\CCCCCCCCCCCCCC(=O)OCC(COC(=O)CCCCCCCCC/C=C\CCCCCCCCC)OC(=O)CCCCC/C=C\C/C=C\C/C=C\C/C=C\C/C=C\CC. The monoisotopic (exact) mass is 1130 g/mol. The van der Waals surface area contributed by atoms with Crippen LogP contribution in [0.5, 0.6) is 0 Å². The molecule has 0 saturated carbocycles. The van der Waals surface area contributed by atoms with Gasteiger partial charge in [-0.1, -0.05) is 289 Å². The molecule has 0 heterocycles. The topological polar surface area (TPSA) is 78.9 Å². The van der Waals surface area contributed by atoms with Crippen LogP contribution in [0.1, 0.15) is 310 Å². The maximum Gasteiger partial charge on any atom is 0.306 e. The van der Waals surface area contributed by atoms with Gasteiger partial charge in [-0.25, -0.2) is 0 Å². The molecule has 1 unspecified atom stereocenters. The lowest BCUT2D eigenvalue weighted by atomic mass is 10.0. The van der Waals surface area contributed by atoms with Gasteiger partial charge in [-0.05, 0) is 135 Å². The lowest BCUT2D eigenvalue weighted by Gasteiger charge is -2.18. The highest BCUT2D eigenvalue weighted by Gasteiger charge is 2.19. The summed E-state index contributed by atoms with van der Waals surface area (Å²) in [6.07, 6.45) is 97.5. The molecular weight excluding hydrogens is 1010 g/mol. The van der Waals surface area contributed by atoms with E-state index in [4.69, 9.17) is 14.2 Å². The Labute approximate surface area is 506 Å². The van der Waals surface area contributed by atoms with E-state index in [0.717, 1.165) is 128 Å². The van der Waals surface area contributed by atoms with E-state index in [0.29, 0.717) is 12.8 Å². The highest BCUT2D eigenvalue weighted by atomic mass is 16.6. The Kier molecular flexibility index (Phi) is 65.3. The zero-order chi connectivity index (χ0) is 59.2. The van der Waals surface area contributed by atoms with Crippen LogP contribution in [0.15, 0.2) is 134 Å². The number of hydrogen-bond donors (Lipinski definition) is 0. The van der Waals surface area contributed by atoms with Gasteiger partial charge >= 0.3 is 17.9 Å². The van der Waals surface area contributed by atoms with Crippen molar-refractivity contribution in [2.45, 2.75) is 316 Å². The average molecular weight is 1140 g/mol. The molecule has 0 fully saturated rings. The van der Waals surface area contributed by atoms with E-state index in [2.05, 4.69) is 154 Å². The molecule has 0 radical (unpaired) electrons. The molecule has 0 amide bonds. The smallest absolute Gasteiger partial charge is 0.306 e. The van der Waals surface area contributed by atoms with Gasteiger partial charge < -0.3 is 14.2 Å². The van der Waals surface area contributed by atoms with Gasteiger partial charge in [0.1, 0.15) is 13.2 Å². The molecule has 6 heteroatoms. The van der Waals surface area contributed by atoms with Gasteiger partial charge in [0, 0.05) is 19.3 Å². The standard InChI is InChI=1S/C76H126O6/c1-4-7-10-13-16-19-22-25-28-31-34-35-36-37-38-39-40-41-43-45-48-51-54-57-60-63-66-69-75(78)81-72-73(71-80-74(77)68-65-62-59-56-53-50-47-44-33-30-27-24-21-18-15-12-9-6-3)82-76(79)70-67-64-61-58-55-52-49-46-42-32-29-26-23-20-17-14-11-8-5-2/h7-8,10-11,16-17,19-20,25-26,28-30,33-35,37-38,42,46,52,55,73H,4-6,9,12-15,18,21-24,27,31-32,36,39-41,43-45,47-51,53-54,56-72H2,1-3H3/b10-7-,11-8-,19-16-,20-17-,28-25-,29-26-,33-30-,35-34-,38-37-,46-42-,55-52-. The quantitative estimate of drug-likeness (QED) is 0.0261. The molecule has 0 rings (SSSR count). The van der Waals surface area contributed by atoms with Gasteiger partial charge in [0.05, 0.1) is 0 Å². The van der Waals surface area contributed by atoms with Gasteiger partial charge in [-0.2, -0.15) is 0 Å². The summed E-state index contributed by atoms with van der Waals surface area (Å²) in [6.45, 7) is 6.40. The first-order chi connectivity index (χ1) is 40.5. The van der Waals surface area contributed by atoms with Gasteiger partial charge in [0.25, 0.3) is 0 Å². The lowest BCUT2D eigenvalue weighted by Crippen LogP contribution is -2.30. The van der Waals surface area contributed by atoms with Gasteiger partial charge in [0.15, 0.2) is 6.10 Å². The molecule has 466 valence electrons. The first-order valence-corrected chi connectivity index (χ1v) is 34.2. The number of carbonyl (C=O) groups is 3. The molecule has 82 heavy (non-hydrogen) atoms. The Hall–Kier alpha value is -4.45. The molecule has 6 nitrogen and oxygen atoms in total. The van der Waals surface area contributed by atoms with E-state index in [-0.39, 0.29) is 37.5 Å². The summed E-state index contributed by atoms with van der Waals surface area (Å²) in [7, 11) is 0. The minimum absolute atomic E-state index is 0.0967. The Morgan fingerprint density at radius 2 is 0.476 bits per heavy atom. The predicted molar refractivity (Wildman–Crippen MR) is 357 cm³/mol. The van der Waals surface area contributed by atoms with Crippen molar-refractivity contribution in [3.63, 3.8) is 0 Å². The van der Waals surface area contributed by atoms with E-state index >= 15 is 0 Å². The summed E-state index contributed by atoms with van der Waals surface area (Å²) in [5, 5.41) is 0. The fourth-order valence-corrected chi connectivity index (χ4v) is 9.32. The minimum atomic E-state index is -0.805. The summed E-state index contributed by atoms with van der Waals surface area (Å²) in [4.78, 5) is 38.4. The van der Waals surface area contributed by atoms with Crippen molar-refractivity contribution in [3.8, 4) is 0 Å². The van der Waals surface area contributed by atoms with E-state index in [9.17, 15) is 14.4 Å². The number of carbonyl (C=O) groups excluding carboxylic acids is 3. The molecule has 0 aliphatic heterocycles. The number of rotatable bonds is 61. The largest absolute Gasteiger partial charge is 0.462 e.